The molecule has 0 radical (unpaired) electrons. The summed E-state index contributed by atoms with van der Waals surface area (Å²) in [5.74, 6) is 0.333. The zero-order chi connectivity index (χ0) is 15.4. The zero-order valence-electron chi connectivity index (χ0n) is 13.4. The number of nitrogens with zero attached hydrogens (tertiary/aromatic N) is 1. The van der Waals surface area contributed by atoms with Gasteiger partial charge in [0.2, 0.25) is 0 Å². The van der Waals surface area contributed by atoms with Crippen molar-refractivity contribution in [3.05, 3.63) is 59.2 Å². The molecule has 2 aromatic rings. The summed E-state index contributed by atoms with van der Waals surface area (Å²) in [4.78, 5) is 2.35. The molecule has 2 rings (SSSR count). The largest absolute Gasteiger partial charge is 0.508 e. The van der Waals surface area contributed by atoms with Crippen LogP contribution in [0.15, 0.2) is 42.5 Å². The minimum atomic E-state index is 0.333. The molecule has 21 heavy (non-hydrogen) atoms. The summed E-state index contributed by atoms with van der Waals surface area (Å²) in [6.07, 6.45) is 2.12. The lowest BCUT2D eigenvalue weighted by atomic mass is 10.0. The number of hydrogen-bond acceptors (Lipinski definition) is 2. The van der Waals surface area contributed by atoms with Gasteiger partial charge in [0.1, 0.15) is 5.75 Å². The third kappa shape index (κ3) is 4.25. The standard InChI is InChI=1S/C19H25NO/c1-14-11-15(2)13-18(12-14)20(4)16(3)5-6-17-7-9-19(21)10-8-17/h7-13,16,21H,5-6H2,1-4H3. The lowest BCUT2D eigenvalue weighted by Crippen LogP contribution is -2.29. The SMILES string of the molecule is Cc1cc(C)cc(N(C)C(C)CCc2ccc(O)cc2)c1. The molecular weight excluding hydrogens is 258 g/mol. The Morgan fingerprint density at radius 2 is 1.57 bits per heavy atom. The minimum Gasteiger partial charge on any atom is -0.508 e. The highest BCUT2D eigenvalue weighted by molar-refractivity contribution is 5.51. The molecule has 0 spiro atoms. The maximum atomic E-state index is 9.31. The van der Waals surface area contributed by atoms with Gasteiger partial charge in [-0.15, -0.1) is 0 Å². The van der Waals surface area contributed by atoms with Crippen LogP contribution in [0.5, 0.6) is 5.75 Å². The number of rotatable bonds is 5. The van der Waals surface area contributed by atoms with Crippen LogP contribution in [0.1, 0.15) is 30.0 Å². The van der Waals surface area contributed by atoms with Crippen LogP contribution >= 0.6 is 0 Å². The number of phenolic OH excluding ortho intramolecular Hbond substituents is 1. The van der Waals surface area contributed by atoms with Crippen LogP contribution in [0.4, 0.5) is 5.69 Å². The van der Waals surface area contributed by atoms with Gasteiger partial charge in [-0.1, -0.05) is 18.2 Å². The number of anilines is 1. The van der Waals surface area contributed by atoms with Crippen LogP contribution in [0.3, 0.4) is 0 Å². The molecule has 0 aromatic heterocycles. The van der Waals surface area contributed by atoms with Gasteiger partial charge in [0.05, 0.1) is 0 Å². The quantitative estimate of drug-likeness (QED) is 0.875. The fraction of sp³-hybridized carbons (Fsp3) is 0.368. The summed E-state index contributed by atoms with van der Waals surface area (Å²) in [6.45, 7) is 6.55. The summed E-state index contributed by atoms with van der Waals surface area (Å²) >= 11 is 0. The predicted molar refractivity (Wildman–Crippen MR) is 90.2 cm³/mol. The fourth-order valence-corrected chi connectivity index (χ4v) is 2.64. The lowest BCUT2D eigenvalue weighted by Gasteiger charge is -2.28. The van der Waals surface area contributed by atoms with Crippen LogP contribution in [-0.4, -0.2) is 18.2 Å². The van der Waals surface area contributed by atoms with E-state index >= 15 is 0 Å². The van der Waals surface area contributed by atoms with E-state index in [1.54, 1.807) is 12.1 Å². The third-order valence-corrected chi connectivity index (χ3v) is 4.06. The maximum absolute atomic E-state index is 9.31. The summed E-state index contributed by atoms with van der Waals surface area (Å²) in [7, 11) is 2.16. The van der Waals surface area contributed by atoms with E-state index in [9.17, 15) is 5.11 Å². The van der Waals surface area contributed by atoms with Gasteiger partial charge in [-0.2, -0.15) is 0 Å². The van der Waals surface area contributed by atoms with Crippen molar-refractivity contribution < 1.29 is 5.11 Å². The Balaban J connectivity index is 1.98. The molecule has 1 atom stereocenters. The first kappa shape index (κ1) is 15.4. The van der Waals surface area contributed by atoms with Crippen molar-refractivity contribution in [2.45, 2.75) is 39.7 Å². The third-order valence-electron chi connectivity index (χ3n) is 4.06. The summed E-state index contributed by atoms with van der Waals surface area (Å²) in [5.41, 5.74) is 5.17. The van der Waals surface area contributed by atoms with Crippen LogP contribution in [-0.2, 0) is 6.42 Å². The number of hydrogen-bond donors (Lipinski definition) is 1. The van der Waals surface area contributed by atoms with E-state index in [4.69, 9.17) is 0 Å². The van der Waals surface area contributed by atoms with E-state index in [0.29, 0.717) is 11.8 Å². The molecule has 112 valence electrons. The van der Waals surface area contributed by atoms with Crippen molar-refractivity contribution in [2.24, 2.45) is 0 Å². The molecule has 0 aliphatic rings. The van der Waals surface area contributed by atoms with Crippen LogP contribution in [0.2, 0.25) is 0 Å². The van der Waals surface area contributed by atoms with Gasteiger partial charge in [0, 0.05) is 18.8 Å². The zero-order valence-corrected chi connectivity index (χ0v) is 13.4. The van der Waals surface area contributed by atoms with Crippen molar-refractivity contribution in [2.75, 3.05) is 11.9 Å². The molecule has 0 heterocycles. The van der Waals surface area contributed by atoms with Gasteiger partial charge in [0.25, 0.3) is 0 Å². The smallest absolute Gasteiger partial charge is 0.115 e. The molecule has 0 saturated heterocycles. The first-order chi connectivity index (χ1) is 9.95. The molecule has 1 N–H and O–H groups in total. The normalized spacial score (nSPS) is 12.2. The monoisotopic (exact) mass is 283 g/mol. The summed E-state index contributed by atoms with van der Waals surface area (Å²) in [5, 5.41) is 9.31. The van der Waals surface area contributed by atoms with Gasteiger partial charge < -0.3 is 10.0 Å². The Morgan fingerprint density at radius 3 is 2.14 bits per heavy atom. The molecule has 0 fully saturated rings. The Labute approximate surface area is 128 Å². The summed E-state index contributed by atoms with van der Waals surface area (Å²) < 4.78 is 0. The van der Waals surface area contributed by atoms with Crippen LogP contribution in [0, 0.1) is 13.8 Å². The van der Waals surface area contributed by atoms with Crippen molar-refractivity contribution in [1.82, 2.24) is 0 Å². The molecule has 2 heteroatoms. The van der Waals surface area contributed by atoms with Crippen molar-refractivity contribution in [3.8, 4) is 5.75 Å². The van der Waals surface area contributed by atoms with Crippen molar-refractivity contribution in [3.63, 3.8) is 0 Å². The second-order valence-corrected chi connectivity index (χ2v) is 6.01. The highest BCUT2D eigenvalue weighted by atomic mass is 16.3. The molecule has 2 nitrogen and oxygen atoms in total. The second-order valence-electron chi connectivity index (χ2n) is 6.01. The molecular formula is C19H25NO. The average molecular weight is 283 g/mol. The number of phenols is 1. The molecule has 2 aromatic carbocycles. The van der Waals surface area contributed by atoms with Gasteiger partial charge in [-0.3, -0.25) is 0 Å². The maximum Gasteiger partial charge on any atom is 0.115 e. The highest BCUT2D eigenvalue weighted by Crippen LogP contribution is 2.21. The average Bonchev–Trinajstić information content (AvgIpc) is 2.44. The second kappa shape index (κ2) is 6.66. The van der Waals surface area contributed by atoms with E-state index in [1.165, 1.54) is 22.4 Å². The Hall–Kier alpha value is -1.96. The topological polar surface area (TPSA) is 23.5 Å². The van der Waals surface area contributed by atoms with E-state index in [0.717, 1.165) is 12.8 Å². The molecule has 0 bridgehead atoms. The number of aromatic hydroxyl groups is 1. The van der Waals surface area contributed by atoms with E-state index in [-0.39, 0.29) is 0 Å². The summed E-state index contributed by atoms with van der Waals surface area (Å²) in [6, 6.07) is 14.7. The van der Waals surface area contributed by atoms with Crippen molar-refractivity contribution in [1.29, 1.82) is 0 Å². The molecule has 0 aliphatic carbocycles. The molecule has 0 saturated carbocycles. The minimum absolute atomic E-state index is 0.333. The van der Waals surface area contributed by atoms with E-state index in [2.05, 4.69) is 50.9 Å². The molecule has 0 amide bonds. The lowest BCUT2D eigenvalue weighted by molar-refractivity contribution is 0.475. The molecule has 0 aliphatic heterocycles. The fourth-order valence-electron chi connectivity index (χ4n) is 2.64. The Kier molecular flexibility index (Phi) is 4.89. The highest BCUT2D eigenvalue weighted by Gasteiger charge is 2.11. The van der Waals surface area contributed by atoms with E-state index in [1.807, 2.05) is 12.1 Å². The Morgan fingerprint density at radius 1 is 1.00 bits per heavy atom. The van der Waals surface area contributed by atoms with Gasteiger partial charge in [-0.05, 0) is 74.6 Å². The van der Waals surface area contributed by atoms with Crippen LogP contribution < -0.4 is 4.90 Å². The first-order valence-electron chi connectivity index (χ1n) is 7.55. The molecule has 1 unspecified atom stereocenters. The number of benzene rings is 2. The van der Waals surface area contributed by atoms with Gasteiger partial charge in [0.15, 0.2) is 0 Å². The van der Waals surface area contributed by atoms with E-state index < -0.39 is 0 Å². The van der Waals surface area contributed by atoms with Gasteiger partial charge >= 0.3 is 0 Å². The van der Waals surface area contributed by atoms with Crippen LogP contribution in [0.25, 0.3) is 0 Å². The first-order valence-corrected chi connectivity index (χ1v) is 7.55. The predicted octanol–water partition coefficient (Wildman–Crippen LogP) is 4.47. The number of aryl methyl sites for hydroxylation is 3. The Bertz CT molecular complexity index is 569. The van der Waals surface area contributed by atoms with Crippen molar-refractivity contribution >= 4 is 5.69 Å². The van der Waals surface area contributed by atoms with Gasteiger partial charge in [-0.25, -0.2) is 0 Å².